The van der Waals surface area contributed by atoms with Crippen molar-refractivity contribution in [2.75, 3.05) is 22.1 Å². The zero-order chi connectivity index (χ0) is 23.6. The predicted molar refractivity (Wildman–Crippen MR) is 124 cm³/mol. The zero-order valence-corrected chi connectivity index (χ0v) is 19.7. The Labute approximate surface area is 189 Å². The van der Waals surface area contributed by atoms with E-state index in [2.05, 4.69) is 10.6 Å². The van der Waals surface area contributed by atoms with Gasteiger partial charge in [-0.2, -0.15) is 16.8 Å². The topological polar surface area (TPSA) is 128 Å². The lowest BCUT2D eigenvalue weighted by atomic mass is 10.3. The molecule has 0 saturated carbocycles. The number of hydrogen-bond donors (Lipinski definition) is 2. The largest absolute Gasteiger partial charge is 0.382 e. The Balaban J connectivity index is 1.88. The maximum atomic E-state index is 12.2. The third-order valence-corrected chi connectivity index (χ3v) is 6.64. The number of nitrogens with one attached hydrogen (secondary N) is 2. The summed E-state index contributed by atoms with van der Waals surface area (Å²) in [5.74, 6) is 0.217. The van der Waals surface area contributed by atoms with Crippen molar-refractivity contribution in [2.45, 2.75) is 39.5 Å². The molecule has 0 spiro atoms. The Kier molecular flexibility index (Phi) is 9.33. The van der Waals surface area contributed by atoms with Gasteiger partial charge in [0.2, 0.25) is 0 Å². The Morgan fingerprint density at radius 2 is 1.03 bits per heavy atom. The second-order valence-corrected chi connectivity index (χ2v) is 10.4. The highest BCUT2D eigenvalue weighted by Crippen LogP contribution is 2.20. The van der Waals surface area contributed by atoms with Gasteiger partial charge in [-0.1, -0.05) is 26.7 Å². The van der Waals surface area contributed by atoms with Crippen molar-refractivity contribution in [1.82, 2.24) is 0 Å². The van der Waals surface area contributed by atoms with Crippen LogP contribution < -0.4 is 19.0 Å². The maximum absolute atomic E-state index is 12.2. The highest BCUT2D eigenvalue weighted by Gasteiger charge is 2.13. The van der Waals surface area contributed by atoms with Gasteiger partial charge in [0.1, 0.15) is 11.5 Å². The second kappa shape index (κ2) is 11.7. The van der Waals surface area contributed by atoms with Gasteiger partial charge in [0.05, 0.1) is 11.5 Å². The highest BCUT2D eigenvalue weighted by molar-refractivity contribution is 7.87. The van der Waals surface area contributed by atoms with Crippen molar-refractivity contribution in [1.29, 1.82) is 0 Å². The molecule has 0 fully saturated rings. The van der Waals surface area contributed by atoms with Crippen LogP contribution in [0, 0.1) is 0 Å². The molecule has 2 amide bonds. The number of carbonyl (C=O) groups is 1. The summed E-state index contributed by atoms with van der Waals surface area (Å²) in [6.07, 6.45) is 2.52. The van der Waals surface area contributed by atoms with Crippen molar-refractivity contribution in [2.24, 2.45) is 0 Å². The molecular formula is C21H28N2O7S2. The van der Waals surface area contributed by atoms with Crippen LogP contribution >= 0.6 is 0 Å². The van der Waals surface area contributed by atoms with Crippen LogP contribution in [0.5, 0.6) is 11.5 Å². The molecule has 2 aromatic carbocycles. The average molecular weight is 485 g/mol. The number of rotatable bonds is 12. The van der Waals surface area contributed by atoms with Gasteiger partial charge in [0.15, 0.2) is 0 Å². The lowest BCUT2D eigenvalue weighted by Gasteiger charge is -2.10. The summed E-state index contributed by atoms with van der Waals surface area (Å²) in [5.41, 5.74) is 0.866. The molecule has 0 saturated heterocycles. The van der Waals surface area contributed by atoms with Gasteiger partial charge in [0.25, 0.3) is 0 Å². The molecule has 2 rings (SSSR count). The summed E-state index contributed by atoms with van der Waals surface area (Å²) in [6, 6.07) is 11.3. The van der Waals surface area contributed by atoms with Crippen molar-refractivity contribution in [3.05, 3.63) is 48.5 Å². The summed E-state index contributed by atoms with van der Waals surface area (Å²) in [4.78, 5) is 12.2. The Morgan fingerprint density at radius 3 is 1.34 bits per heavy atom. The van der Waals surface area contributed by atoms with Gasteiger partial charge < -0.3 is 19.0 Å². The van der Waals surface area contributed by atoms with E-state index in [4.69, 9.17) is 8.37 Å². The molecule has 0 aliphatic heterocycles. The first kappa shape index (κ1) is 25.5. The van der Waals surface area contributed by atoms with E-state index in [9.17, 15) is 21.6 Å². The van der Waals surface area contributed by atoms with Crippen LogP contribution in [0.4, 0.5) is 16.2 Å². The minimum Gasteiger partial charge on any atom is -0.382 e. The molecule has 0 aliphatic carbocycles. The van der Waals surface area contributed by atoms with E-state index in [0.717, 1.165) is 12.8 Å². The number of urea groups is 1. The number of hydrogen-bond acceptors (Lipinski definition) is 7. The first-order valence-corrected chi connectivity index (χ1v) is 13.4. The van der Waals surface area contributed by atoms with E-state index in [1.165, 1.54) is 48.5 Å². The van der Waals surface area contributed by atoms with Crippen LogP contribution in [-0.2, 0) is 20.2 Å². The fraction of sp³-hybridized carbons (Fsp3) is 0.381. The second-order valence-electron chi connectivity index (χ2n) is 7.03. The molecule has 0 heterocycles. The molecule has 2 N–H and O–H groups in total. The molecule has 0 atom stereocenters. The summed E-state index contributed by atoms with van der Waals surface area (Å²) in [5, 5.41) is 5.22. The van der Waals surface area contributed by atoms with Crippen LogP contribution in [0.15, 0.2) is 48.5 Å². The highest BCUT2D eigenvalue weighted by atomic mass is 32.2. The maximum Gasteiger partial charge on any atom is 0.323 e. The minimum atomic E-state index is -3.64. The van der Waals surface area contributed by atoms with Crippen LogP contribution in [0.25, 0.3) is 0 Å². The summed E-state index contributed by atoms with van der Waals surface area (Å²) in [6.45, 7) is 3.78. The zero-order valence-electron chi connectivity index (χ0n) is 18.0. The molecule has 0 aliphatic rings. The average Bonchev–Trinajstić information content (AvgIpc) is 2.73. The van der Waals surface area contributed by atoms with Crippen molar-refractivity contribution < 1.29 is 30.0 Å². The van der Waals surface area contributed by atoms with Crippen molar-refractivity contribution in [3.63, 3.8) is 0 Å². The molecule has 0 aromatic heterocycles. The van der Waals surface area contributed by atoms with E-state index in [-0.39, 0.29) is 23.0 Å². The molecule has 11 heteroatoms. The van der Waals surface area contributed by atoms with E-state index < -0.39 is 26.3 Å². The van der Waals surface area contributed by atoms with Gasteiger partial charge in [-0.15, -0.1) is 0 Å². The van der Waals surface area contributed by atoms with Gasteiger partial charge in [-0.25, -0.2) is 4.79 Å². The molecule has 0 bridgehead atoms. The smallest absolute Gasteiger partial charge is 0.323 e. The monoisotopic (exact) mass is 484 g/mol. The fourth-order valence-electron chi connectivity index (χ4n) is 2.50. The van der Waals surface area contributed by atoms with E-state index >= 15 is 0 Å². The quantitative estimate of drug-likeness (QED) is 0.429. The first-order chi connectivity index (χ1) is 15.1. The lowest BCUT2D eigenvalue weighted by Crippen LogP contribution is -2.19. The van der Waals surface area contributed by atoms with Crippen molar-refractivity contribution >= 4 is 37.6 Å². The van der Waals surface area contributed by atoms with Gasteiger partial charge >= 0.3 is 26.3 Å². The minimum absolute atomic E-state index is 0.0552. The number of amides is 2. The molecule has 32 heavy (non-hydrogen) atoms. The fourth-order valence-corrected chi connectivity index (χ4v) is 4.76. The van der Waals surface area contributed by atoms with Crippen LogP contribution in [0.1, 0.15) is 39.5 Å². The Hall–Kier alpha value is -2.79. The van der Waals surface area contributed by atoms with E-state index in [0.29, 0.717) is 24.2 Å². The van der Waals surface area contributed by atoms with Gasteiger partial charge in [-0.05, 0) is 61.4 Å². The van der Waals surface area contributed by atoms with Crippen molar-refractivity contribution in [3.8, 4) is 11.5 Å². The standard InChI is InChI=1S/C21H28N2O7S2/c1-3-5-15-31(25,26)29-19-11-7-17(8-12-19)22-21(24)23-18-9-13-20(14-10-18)30-32(27,28)16-6-4-2/h7-14H,3-6,15-16H2,1-2H3,(H2,22,23,24). The molecule has 0 unspecified atom stereocenters. The SMILES string of the molecule is CCCCS(=O)(=O)Oc1ccc(NC(=O)Nc2ccc(OS(=O)(=O)CCCC)cc2)cc1. The first-order valence-electron chi connectivity index (χ1n) is 10.2. The van der Waals surface area contributed by atoms with E-state index in [1.54, 1.807) is 0 Å². The van der Waals surface area contributed by atoms with Crippen LogP contribution in [0.2, 0.25) is 0 Å². The third-order valence-electron chi connectivity index (χ3n) is 4.17. The number of carbonyl (C=O) groups excluding carboxylic acids is 1. The molecule has 2 aromatic rings. The van der Waals surface area contributed by atoms with Crippen LogP contribution in [-0.4, -0.2) is 34.4 Å². The number of anilines is 2. The number of unbranched alkanes of at least 4 members (excludes halogenated alkanes) is 2. The molecular weight excluding hydrogens is 456 g/mol. The van der Waals surface area contributed by atoms with Crippen LogP contribution in [0.3, 0.4) is 0 Å². The molecule has 9 nitrogen and oxygen atoms in total. The molecule has 176 valence electrons. The normalized spacial score (nSPS) is 11.6. The predicted octanol–water partition coefficient (Wildman–Crippen LogP) is 4.35. The summed E-state index contributed by atoms with van der Waals surface area (Å²) < 4.78 is 57.3. The summed E-state index contributed by atoms with van der Waals surface area (Å²) in [7, 11) is -7.28. The Bertz CT molecular complexity index is 994. The van der Waals surface area contributed by atoms with Gasteiger partial charge in [0, 0.05) is 11.4 Å². The van der Waals surface area contributed by atoms with E-state index in [1.807, 2.05) is 13.8 Å². The number of benzene rings is 2. The van der Waals surface area contributed by atoms with Gasteiger partial charge in [-0.3, -0.25) is 0 Å². The lowest BCUT2D eigenvalue weighted by molar-refractivity contribution is 0.262. The third kappa shape index (κ3) is 9.15. The molecule has 0 radical (unpaired) electrons. The summed E-state index contributed by atoms with van der Waals surface area (Å²) >= 11 is 0. The Morgan fingerprint density at radius 1 is 0.688 bits per heavy atom.